The summed E-state index contributed by atoms with van der Waals surface area (Å²) in [5, 5.41) is 5.13. The fourth-order valence-corrected chi connectivity index (χ4v) is 5.98. The first-order valence-electron chi connectivity index (χ1n) is 11.9. The Hall–Kier alpha value is -3.03. The molecule has 4 heterocycles. The van der Waals surface area contributed by atoms with Gasteiger partial charge in [0, 0.05) is 24.2 Å². The number of imide groups is 1. The highest BCUT2D eigenvalue weighted by atomic mass is 32.1. The second kappa shape index (κ2) is 9.68. The largest absolute Gasteiger partial charge is 0.325 e. The molecule has 1 atom stereocenters. The van der Waals surface area contributed by atoms with E-state index in [2.05, 4.69) is 46.4 Å². The monoisotopic (exact) mass is 474 g/mol. The number of carbonyl (C=O) groups is 2. The molecule has 0 aliphatic carbocycles. The molecule has 0 spiro atoms. The molecule has 1 aromatic carbocycles. The number of likely N-dealkylation sites (tertiary alicyclic amines) is 1. The van der Waals surface area contributed by atoms with Gasteiger partial charge in [-0.2, -0.15) is 0 Å². The number of rotatable bonds is 7. The third-order valence-electron chi connectivity index (χ3n) is 7.22. The Kier molecular flexibility index (Phi) is 6.48. The first-order chi connectivity index (χ1) is 16.6. The summed E-state index contributed by atoms with van der Waals surface area (Å²) in [5.74, 6) is -0.163. The number of urea groups is 1. The molecule has 2 fully saturated rings. The minimum Gasteiger partial charge on any atom is -0.318 e. The second-order valence-electron chi connectivity index (χ2n) is 9.22. The van der Waals surface area contributed by atoms with E-state index in [1.807, 2.05) is 35.7 Å². The summed E-state index contributed by atoms with van der Waals surface area (Å²) in [4.78, 5) is 36.6. The SMILES string of the molecule is Cc1ccccc1CN1CCC([C@@]2(c3ccccn3)NC(=O)N(CCc3cccs3)C2=O)CC1. The van der Waals surface area contributed by atoms with Crippen molar-refractivity contribution in [3.8, 4) is 0 Å². The van der Waals surface area contributed by atoms with Crippen molar-refractivity contribution in [2.24, 2.45) is 5.92 Å². The van der Waals surface area contributed by atoms with Crippen molar-refractivity contribution in [1.82, 2.24) is 20.1 Å². The van der Waals surface area contributed by atoms with Crippen molar-refractivity contribution in [1.29, 1.82) is 0 Å². The van der Waals surface area contributed by atoms with Crippen molar-refractivity contribution in [2.75, 3.05) is 19.6 Å². The molecule has 3 amide bonds. The Bertz CT molecular complexity index is 1140. The van der Waals surface area contributed by atoms with Crippen LogP contribution in [0.5, 0.6) is 0 Å². The van der Waals surface area contributed by atoms with Gasteiger partial charge in [-0.1, -0.05) is 36.4 Å². The molecule has 3 aromatic rings. The number of nitrogens with zero attached hydrogens (tertiary/aromatic N) is 3. The van der Waals surface area contributed by atoms with Gasteiger partial charge in [-0.25, -0.2) is 4.79 Å². The molecule has 0 radical (unpaired) electrons. The smallest absolute Gasteiger partial charge is 0.318 e. The summed E-state index contributed by atoms with van der Waals surface area (Å²) in [5.41, 5.74) is 2.19. The number of piperidine rings is 1. The molecule has 176 valence electrons. The standard InChI is InChI=1S/C27H30N4O2S/c1-20-7-2-3-8-21(20)19-30-15-11-22(12-16-30)27(24-10-4-5-14-28-24)25(32)31(26(33)29-27)17-13-23-9-6-18-34-23/h2-10,14,18,22H,11-13,15-17,19H2,1H3,(H,29,33)/t27-/m0/s1. The van der Waals surface area contributed by atoms with E-state index in [1.165, 1.54) is 20.9 Å². The quantitative estimate of drug-likeness (QED) is 0.517. The highest BCUT2D eigenvalue weighted by Gasteiger charge is 2.57. The molecule has 2 aromatic heterocycles. The molecule has 2 aliphatic rings. The number of thiophene rings is 1. The lowest BCUT2D eigenvalue weighted by Crippen LogP contribution is -2.54. The maximum absolute atomic E-state index is 13.9. The summed E-state index contributed by atoms with van der Waals surface area (Å²) in [6.07, 6.45) is 4.03. The zero-order valence-corrected chi connectivity index (χ0v) is 20.3. The molecule has 0 saturated carbocycles. The summed E-state index contributed by atoms with van der Waals surface area (Å²) in [6.45, 7) is 5.20. The lowest BCUT2D eigenvalue weighted by atomic mass is 9.75. The Morgan fingerprint density at radius 1 is 1.06 bits per heavy atom. The van der Waals surface area contributed by atoms with Gasteiger partial charge in [0.2, 0.25) is 0 Å². The van der Waals surface area contributed by atoms with Crippen molar-refractivity contribution in [2.45, 2.75) is 38.3 Å². The third kappa shape index (κ3) is 4.26. The maximum Gasteiger partial charge on any atom is 0.325 e. The predicted octanol–water partition coefficient (Wildman–Crippen LogP) is 4.35. The number of aromatic nitrogens is 1. The molecule has 34 heavy (non-hydrogen) atoms. The number of aryl methyl sites for hydroxylation is 1. The number of hydrogen-bond acceptors (Lipinski definition) is 5. The van der Waals surface area contributed by atoms with Crippen LogP contribution in [-0.2, 0) is 23.3 Å². The highest BCUT2D eigenvalue weighted by Crippen LogP contribution is 2.41. The van der Waals surface area contributed by atoms with Gasteiger partial charge in [-0.05, 0) is 79.9 Å². The van der Waals surface area contributed by atoms with E-state index in [0.29, 0.717) is 18.7 Å². The Balaban J connectivity index is 1.35. The zero-order chi connectivity index (χ0) is 23.5. The van der Waals surface area contributed by atoms with E-state index in [-0.39, 0.29) is 17.9 Å². The molecule has 0 unspecified atom stereocenters. The summed E-state index contributed by atoms with van der Waals surface area (Å²) < 4.78 is 0. The van der Waals surface area contributed by atoms with Crippen LogP contribution in [0, 0.1) is 12.8 Å². The van der Waals surface area contributed by atoms with Crippen LogP contribution in [-0.4, -0.2) is 46.4 Å². The van der Waals surface area contributed by atoms with Crippen molar-refractivity contribution in [3.05, 3.63) is 87.9 Å². The van der Waals surface area contributed by atoms with E-state index in [1.54, 1.807) is 17.5 Å². The molecule has 6 nitrogen and oxygen atoms in total. The molecule has 0 bridgehead atoms. The maximum atomic E-state index is 13.9. The number of amides is 3. The van der Waals surface area contributed by atoms with Crippen LogP contribution < -0.4 is 5.32 Å². The number of hydrogen-bond donors (Lipinski definition) is 1. The number of benzene rings is 1. The van der Waals surface area contributed by atoms with Crippen LogP contribution in [0.2, 0.25) is 0 Å². The topological polar surface area (TPSA) is 65.5 Å². The summed E-state index contributed by atoms with van der Waals surface area (Å²) in [6, 6.07) is 17.8. The van der Waals surface area contributed by atoms with E-state index in [4.69, 9.17) is 0 Å². The first kappa shape index (κ1) is 22.7. The van der Waals surface area contributed by atoms with E-state index in [9.17, 15) is 9.59 Å². The fraction of sp³-hybridized carbons (Fsp3) is 0.370. The molecule has 1 N–H and O–H groups in total. The van der Waals surface area contributed by atoms with Crippen LogP contribution in [0.25, 0.3) is 0 Å². The summed E-state index contributed by atoms with van der Waals surface area (Å²) >= 11 is 1.65. The zero-order valence-electron chi connectivity index (χ0n) is 19.4. The van der Waals surface area contributed by atoms with Gasteiger partial charge in [0.05, 0.1) is 5.69 Å². The Morgan fingerprint density at radius 3 is 2.56 bits per heavy atom. The molecule has 2 aliphatic heterocycles. The van der Waals surface area contributed by atoms with Crippen LogP contribution >= 0.6 is 11.3 Å². The highest BCUT2D eigenvalue weighted by molar-refractivity contribution is 7.09. The van der Waals surface area contributed by atoms with Crippen LogP contribution in [0.15, 0.2) is 66.2 Å². The van der Waals surface area contributed by atoms with Gasteiger partial charge in [-0.15, -0.1) is 11.3 Å². The van der Waals surface area contributed by atoms with E-state index >= 15 is 0 Å². The van der Waals surface area contributed by atoms with E-state index in [0.717, 1.165) is 32.5 Å². The molecule has 2 saturated heterocycles. The lowest BCUT2D eigenvalue weighted by Gasteiger charge is -2.40. The number of pyridine rings is 1. The first-order valence-corrected chi connectivity index (χ1v) is 12.8. The average molecular weight is 475 g/mol. The van der Waals surface area contributed by atoms with Crippen LogP contribution in [0.4, 0.5) is 4.79 Å². The minimum atomic E-state index is -1.09. The van der Waals surface area contributed by atoms with Crippen LogP contribution in [0.3, 0.4) is 0 Å². The van der Waals surface area contributed by atoms with Gasteiger partial charge in [0.25, 0.3) is 5.91 Å². The minimum absolute atomic E-state index is 0.00120. The summed E-state index contributed by atoms with van der Waals surface area (Å²) in [7, 11) is 0. The molecular weight excluding hydrogens is 444 g/mol. The van der Waals surface area contributed by atoms with Gasteiger partial charge in [-0.3, -0.25) is 19.6 Å². The normalized spacial score (nSPS) is 21.7. The molecule has 5 rings (SSSR count). The molecular formula is C27H30N4O2S. The Labute approximate surface area is 204 Å². The van der Waals surface area contributed by atoms with Crippen LogP contribution in [0.1, 0.15) is 34.5 Å². The third-order valence-corrected chi connectivity index (χ3v) is 8.15. The Morgan fingerprint density at radius 2 is 1.85 bits per heavy atom. The van der Waals surface area contributed by atoms with Gasteiger partial charge in [0.1, 0.15) is 0 Å². The fourth-order valence-electron chi connectivity index (χ4n) is 5.28. The van der Waals surface area contributed by atoms with Gasteiger partial charge >= 0.3 is 6.03 Å². The average Bonchev–Trinajstić information content (AvgIpc) is 3.47. The van der Waals surface area contributed by atoms with E-state index < -0.39 is 5.54 Å². The number of nitrogens with one attached hydrogen (secondary N) is 1. The second-order valence-corrected chi connectivity index (χ2v) is 10.2. The lowest BCUT2D eigenvalue weighted by molar-refractivity contribution is -0.134. The van der Waals surface area contributed by atoms with Gasteiger partial charge < -0.3 is 5.32 Å². The molecule has 7 heteroatoms. The van der Waals surface area contributed by atoms with Crippen molar-refractivity contribution < 1.29 is 9.59 Å². The number of carbonyl (C=O) groups excluding carboxylic acids is 2. The van der Waals surface area contributed by atoms with Gasteiger partial charge in [0.15, 0.2) is 5.54 Å². The van der Waals surface area contributed by atoms with Crippen molar-refractivity contribution in [3.63, 3.8) is 0 Å². The van der Waals surface area contributed by atoms with Crippen molar-refractivity contribution >= 4 is 23.3 Å². The predicted molar refractivity (Wildman–Crippen MR) is 133 cm³/mol.